The minimum atomic E-state index is 0.352. The first kappa shape index (κ1) is 11.6. The van der Waals surface area contributed by atoms with Crippen LogP contribution in [0, 0.1) is 20.8 Å². The quantitative estimate of drug-likeness (QED) is 0.694. The number of alkyl halides is 1. The van der Waals surface area contributed by atoms with Gasteiger partial charge in [0.1, 0.15) is 0 Å². The van der Waals surface area contributed by atoms with E-state index >= 15 is 0 Å². The van der Waals surface area contributed by atoms with Crippen LogP contribution in [0.4, 0.5) is 0 Å². The van der Waals surface area contributed by atoms with Crippen molar-refractivity contribution in [3.8, 4) is 0 Å². The zero-order valence-electron chi connectivity index (χ0n) is 10.1. The topological polar surface area (TPSA) is 12.9 Å². The lowest BCUT2D eigenvalue weighted by Gasteiger charge is -2.11. The number of pyridine rings is 1. The van der Waals surface area contributed by atoms with Gasteiger partial charge < -0.3 is 0 Å². The van der Waals surface area contributed by atoms with Crippen molar-refractivity contribution in [2.24, 2.45) is 0 Å². The molecule has 0 radical (unpaired) electrons. The Balaban J connectivity index is 2.79. The number of halogens is 1. The second kappa shape index (κ2) is 4.17. The highest BCUT2D eigenvalue weighted by Gasteiger charge is 2.09. The second-order valence-corrected chi connectivity index (χ2v) is 5.80. The van der Waals surface area contributed by atoms with Gasteiger partial charge in [-0.1, -0.05) is 22.0 Å². The minimum Gasteiger partial charge on any atom is -0.253 e. The van der Waals surface area contributed by atoms with E-state index in [2.05, 4.69) is 66.8 Å². The molecule has 1 nitrogen and oxygen atoms in total. The molecule has 1 unspecified atom stereocenters. The highest BCUT2D eigenvalue weighted by Crippen LogP contribution is 2.29. The van der Waals surface area contributed by atoms with Gasteiger partial charge in [-0.2, -0.15) is 0 Å². The number of hydrogen-bond acceptors (Lipinski definition) is 1. The third kappa shape index (κ3) is 1.99. The van der Waals surface area contributed by atoms with Gasteiger partial charge in [-0.3, -0.25) is 4.98 Å². The van der Waals surface area contributed by atoms with Gasteiger partial charge in [0.15, 0.2) is 0 Å². The summed E-state index contributed by atoms with van der Waals surface area (Å²) in [4.78, 5) is 5.04. The average Bonchev–Trinajstić information content (AvgIpc) is 2.15. The maximum Gasteiger partial charge on any atom is 0.0710 e. The van der Waals surface area contributed by atoms with Crippen LogP contribution in [-0.4, -0.2) is 4.98 Å². The van der Waals surface area contributed by atoms with Gasteiger partial charge >= 0.3 is 0 Å². The summed E-state index contributed by atoms with van der Waals surface area (Å²) in [5.74, 6) is 0. The van der Waals surface area contributed by atoms with E-state index in [1.165, 1.54) is 22.1 Å². The first-order valence-corrected chi connectivity index (χ1v) is 6.43. The fourth-order valence-corrected chi connectivity index (χ4v) is 2.61. The molecule has 2 heteroatoms. The van der Waals surface area contributed by atoms with Crippen molar-refractivity contribution in [2.75, 3.05) is 0 Å². The molecule has 0 fully saturated rings. The summed E-state index contributed by atoms with van der Waals surface area (Å²) < 4.78 is 0. The Morgan fingerprint density at radius 2 is 1.81 bits per heavy atom. The lowest BCUT2D eigenvalue weighted by Crippen LogP contribution is -1.95. The van der Waals surface area contributed by atoms with Crippen LogP contribution in [0.2, 0.25) is 0 Å². The van der Waals surface area contributed by atoms with Crippen molar-refractivity contribution in [1.82, 2.24) is 4.98 Å². The average molecular weight is 278 g/mol. The number of benzene rings is 1. The molecule has 0 bridgehead atoms. The summed E-state index contributed by atoms with van der Waals surface area (Å²) in [6.45, 7) is 8.48. The van der Waals surface area contributed by atoms with Crippen LogP contribution >= 0.6 is 15.9 Å². The molecule has 16 heavy (non-hydrogen) atoms. The number of fused-ring (bicyclic) bond motifs is 1. The van der Waals surface area contributed by atoms with Crippen molar-refractivity contribution in [3.05, 3.63) is 40.6 Å². The molecular formula is C14H16BrN. The minimum absolute atomic E-state index is 0.352. The largest absolute Gasteiger partial charge is 0.253 e. The maximum atomic E-state index is 4.69. The van der Waals surface area contributed by atoms with E-state index in [9.17, 15) is 0 Å². The van der Waals surface area contributed by atoms with E-state index in [0.29, 0.717) is 4.83 Å². The number of rotatable bonds is 1. The first-order chi connectivity index (χ1) is 7.49. The number of hydrogen-bond donors (Lipinski definition) is 0. The molecule has 1 heterocycles. The molecule has 0 aliphatic carbocycles. The smallest absolute Gasteiger partial charge is 0.0710 e. The zero-order valence-corrected chi connectivity index (χ0v) is 11.7. The van der Waals surface area contributed by atoms with Crippen molar-refractivity contribution >= 4 is 26.8 Å². The van der Waals surface area contributed by atoms with Crippen LogP contribution in [0.25, 0.3) is 10.9 Å². The summed E-state index contributed by atoms with van der Waals surface area (Å²) >= 11 is 3.62. The monoisotopic (exact) mass is 277 g/mol. The van der Waals surface area contributed by atoms with Crippen LogP contribution in [-0.2, 0) is 0 Å². The molecule has 0 saturated carbocycles. The van der Waals surface area contributed by atoms with Gasteiger partial charge in [-0.05, 0) is 56.5 Å². The van der Waals surface area contributed by atoms with E-state index in [1.807, 2.05) is 0 Å². The molecule has 1 atom stereocenters. The van der Waals surface area contributed by atoms with E-state index in [0.717, 1.165) is 11.2 Å². The predicted molar refractivity (Wildman–Crippen MR) is 73.3 cm³/mol. The number of aryl methyl sites for hydroxylation is 3. The Hall–Kier alpha value is -0.890. The summed E-state index contributed by atoms with van der Waals surface area (Å²) in [6, 6.07) is 6.62. The summed E-state index contributed by atoms with van der Waals surface area (Å²) in [7, 11) is 0. The summed E-state index contributed by atoms with van der Waals surface area (Å²) in [5, 5.41) is 1.26. The number of aromatic nitrogens is 1. The summed E-state index contributed by atoms with van der Waals surface area (Å²) in [5.41, 5.74) is 6.07. The molecule has 0 aliphatic heterocycles. The van der Waals surface area contributed by atoms with E-state index in [-0.39, 0.29) is 0 Å². The fraction of sp³-hybridized carbons (Fsp3) is 0.357. The third-order valence-electron chi connectivity index (χ3n) is 2.94. The van der Waals surface area contributed by atoms with Crippen LogP contribution in [0.3, 0.4) is 0 Å². The Kier molecular flexibility index (Phi) is 3.02. The predicted octanol–water partition coefficient (Wildman–Crippen LogP) is 4.62. The molecule has 84 valence electrons. The van der Waals surface area contributed by atoms with Gasteiger partial charge in [-0.25, -0.2) is 0 Å². The summed E-state index contributed by atoms with van der Waals surface area (Å²) in [6.07, 6.45) is 0. The number of nitrogens with zero attached hydrogens (tertiary/aromatic N) is 1. The lowest BCUT2D eigenvalue weighted by molar-refractivity contribution is 1.06. The molecule has 0 spiro atoms. The molecule has 1 aromatic heterocycles. The molecular weight excluding hydrogens is 262 g/mol. The molecule has 2 aromatic rings. The van der Waals surface area contributed by atoms with Crippen LogP contribution in [0.15, 0.2) is 18.2 Å². The van der Waals surface area contributed by atoms with Crippen molar-refractivity contribution in [2.45, 2.75) is 32.5 Å². The van der Waals surface area contributed by atoms with Crippen LogP contribution in [0.1, 0.15) is 34.1 Å². The Morgan fingerprint density at radius 1 is 1.12 bits per heavy atom. The standard InChI is InChI=1S/C14H16BrN/c1-8-5-9(2)12-7-13(10(3)15)11(4)16-14(12)6-8/h5-7,10H,1-4H3. The Morgan fingerprint density at radius 3 is 2.44 bits per heavy atom. The molecule has 2 rings (SSSR count). The van der Waals surface area contributed by atoms with Crippen molar-refractivity contribution < 1.29 is 0 Å². The van der Waals surface area contributed by atoms with E-state index < -0.39 is 0 Å². The van der Waals surface area contributed by atoms with Gasteiger partial charge in [0, 0.05) is 15.9 Å². The normalized spacial score (nSPS) is 13.1. The fourth-order valence-electron chi connectivity index (χ4n) is 2.14. The van der Waals surface area contributed by atoms with Gasteiger partial charge in [-0.15, -0.1) is 0 Å². The Bertz CT molecular complexity index is 544. The molecule has 1 aromatic carbocycles. The van der Waals surface area contributed by atoms with Gasteiger partial charge in [0.25, 0.3) is 0 Å². The van der Waals surface area contributed by atoms with Crippen molar-refractivity contribution in [3.63, 3.8) is 0 Å². The SMILES string of the molecule is Cc1cc(C)c2cc(C(C)Br)c(C)nc2c1. The molecule has 0 saturated heterocycles. The molecule has 0 N–H and O–H groups in total. The Labute approximate surface area is 105 Å². The molecule has 0 amide bonds. The second-order valence-electron chi connectivity index (χ2n) is 4.43. The highest BCUT2D eigenvalue weighted by molar-refractivity contribution is 9.09. The first-order valence-electron chi connectivity index (χ1n) is 5.51. The van der Waals surface area contributed by atoms with Gasteiger partial charge in [0.05, 0.1) is 5.52 Å². The molecule has 0 aliphatic rings. The van der Waals surface area contributed by atoms with Crippen molar-refractivity contribution in [1.29, 1.82) is 0 Å². The van der Waals surface area contributed by atoms with E-state index in [4.69, 9.17) is 0 Å². The van der Waals surface area contributed by atoms with Gasteiger partial charge in [0.2, 0.25) is 0 Å². The highest BCUT2D eigenvalue weighted by atomic mass is 79.9. The van der Waals surface area contributed by atoms with Crippen LogP contribution < -0.4 is 0 Å². The zero-order chi connectivity index (χ0) is 11.9. The van der Waals surface area contributed by atoms with Crippen LogP contribution in [0.5, 0.6) is 0 Å². The lowest BCUT2D eigenvalue weighted by atomic mass is 10.0. The van der Waals surface area contributed by atoms with E-state index in [1.54, 1.807) is 0 Å². The third-order valence-corrected chi connectivity index (χ3v) is 3.44. The maximum absolute atomic E-state index is 4.69.